The molecule has 1 heterocycles. The number of nitrogens with one attached hydrogen (secondary N) is 1. The lowest BCUT2D eigenvalue weighted by Crippen LogP contribution is -2.32. The van der Waals surface area contributed by atoms with Crippen LogP contribution in [0.2, 0.25) is 0 Å². The number of rotatable bonds is 7. The fraction of sp³-hybridized carbons (Fsp3) is 0.400. The third-order valence-corrected chi connectivity index (χ3v) is 4.41. The van der Waals surface area contributed by atoms with Gasteiger partial charge in [-0.25, -0.2) is 0 Å². The number of hydrogen-bond acceptors (Lipinski definition) is 4. The summed E-state index contributed by atoms with van der Waals surface area (Å²) in [5, 5.41) is 2.42. The zero-order valence-corrected chi connectivity index (χ0v) is 13.6. The molecule has 1 aromatic rings. The lowest BCUT2D eigenvalue weighted by Gasteiger charge is -2.13. The van der Waals surface area contributed by atoms with E-state index in [9.17, 15) is 18.9 Å². The van der Waals surface area contributed by atoms with Gasteiger partial charge in [0.2, 0.25) is 5.91 Å². The highest BCUT2D eigenvalue weighted by molar-refractivity contribution is 7.38. The average Bonchev–Trinajstić information content (AvgIpc) is 2.76. The molecule has 2 N–H and O–H groups in total. The third kappa shape index (κ3) is 4.00. The van der Waals surface area contributed by atoms with Crippen LogP contribution in [-0.2, 0) is 9.36 Å². The van der Waals surface area contributed by atoms with Crippen LogP contribution in [0.5, 0.6) is 0 Å². The first-order valence-corrected chi connectivity index (χ1v) is 8.60. The van der Waals surface area contributed by atoms with Gasteiger partial charge in [-0.3, -0.25) is 19.3 Å². The molecule has 1 aliphatic rings. The molecule has 0 saturated heterocycles. The van der Waals surface area contributed by atoms with Crippen LogP contribution in [0, 0.1) is 0 Å². The maximum absolute atomic E-state index is 12.1. The van der Waals surface area contributed by atoms with E-state index in [2.05, 4.69) is 5.32 Å². The second kappa shape index (κ2) is 7.44. The molecule has 0 radical (unpaired) electrons. The van der Waals surface area contributed by atoms with E-state index in [1.807, 2.05) is 0 Å². The molecule has 2 atom stereocenters. The molecule has 3 amide bonds. The van der Waals surface area contributed by atoms with E-state index >= 15 is 0 Å². The van der Waals surface area contributed by atoms with Gasteiger partial charge in [0, 0.05) is 19.9 Å². The largest absolute Gasteiger partial charge is 0.530 e. The highest BCUT2D eigenvalue weighted by atomic mass is 31.1. The molecule has 1 aliphatic heterocycles. The monoisotopic (exact) mass is 337 g/mol. The molecular formula is C15H18N2O5P+. The zero-order chi connectivity index (χ0) is 17.0. The Bertz CT molecular complexity index is 626. The summed E-state index contributed by atoms with van der Waals surface area (Å²) in [7, 11) is -2.44. The Morgan fingerprint density at radius 3 is 2.30 bits per heavy atom. The Balaban J connectivity index is 1.78. The average molecular weight is 337 g/mol. The molecule has 0 aromatic heterocycles. The van der Waals surface area contributed by atoms with Crippen molar-refractivity contribution in [2.45, 2.75) is 32.0 Å². The van der Waals surface area contributed by atoms with E-state index in [0.717, 1.165) is 0 Å². The minimum absolute atomic E-state index is 0.177. The molecule has 122 valence electrons. The van der Waals surface area contributed by atoms with Gasteiger partial charge in [0.25, 0.3) is 17.6 Å². The molecule has 0 saturated carbocycles. The van der Waals surface area contributed by atoms with Crippen LogP contribution in [0.1, 0.15) is 46.9 Å². The number of carbonyl (C=O) groups is 3. The van der Waals surface area contributed by atoms with Crippen molar-refractivity contribution >= 4 is 25.7 Å². The van der Waals surface area contributed by atoms with Crippen molar-refractivity contribution in [3.8, 4) is 0 Å². The maximum Gasteiger partial charge on any atom is 0.530 e. The fourth-order valence-electron chi connectivity index (χ4n) is 2.36. The topological polar surface area (TPSA) is 104 Å². The van der Waals surface area contributed by atoms with Crippen molar-refractivity contribution < 1.29 is 23.8 Å². The smallest absolute Gasteiger partial charge is 0.310 e. The van der Waals surface area contributed by atoms with Gasteiger partial charge in [-0.1, -0.05) is 12.1 Å². The van der Waals surface area contributed by atoms with Gasteiger partial charge in [0.15, 0.2) is 0 Å². The highest BCUT2D eigenvalue weighted by Gasteiger charge is 2.34. The summed E-state index contributed by atoms with van der Waals surface area (Å²) in [6.45, 7) is 1.71. The predicted octanol–water partition coefficient (Wildman–Crippen LogP) is 1.65. The minimum Gasteiger partial charge on any atom is -0.310 e. The molecule has 0 bridgehead atoms. The number of benzene rings is 1. The third-order valence-electron chi connectivity index (χ3n) is 3.61. The standard InChI is InChI=1S/C15H17N2O5P/c1-10(23(21)22)16-13(18)8-4-5-9-17-14(19)11-6-2-3-7-12(11)15(17)20/h2-3,6-7,10H,4-5,8-9H2,1H3,(H-,16,18,21,22)/p+1. The van der Waals surface area contributed by atoms with Crippen LogP contribution < -0.4 is 5.32 Å². The van der Waals surface area contributed by atoms with Crippen LogP contribution in [0.15, 0.2) is 24.3 Å². The molecule has 0 fully saturated rings. The van der Waals surface area contributed by atoms with Gasteiger partial charge in [-0.15, -0.1) is 0 Å². The van der Waals surface area contributed by atoms with E-state index in [1.54, 1.807) is 24.3 Å². The number of imide groups is 1. The first kappa shape index (κ1) is 17.2. The van der Waals surface area contributed by atoms with Crippen molar-refractivity contribution in [1.82, 2.24) is 10.2 Å². The first-order valence-electron chi connectivity index (χ1n) is 7.31. The Hall–Kier alpha value is -2.11. The van der Waals surface area contributed by atoms with Crippen LogP contribution >= 0.6 is 8.03 Å². The van der Waals surface area contributed by atoms with Gasteiger partial charge in [-0.2, -0.15) is 4.89 Å². The zero-order valence-electron chi connectivity index (χ0n) is 12.7. The summed E-state index contributed by atoms with van der Waals surface area (Å²) in [6.07, 6.45) is 1.16. The Morgan fingerprint density at radius 1 is 1.22 bits per heavy atom. The molecule has 23 heavy (non-hydrogen) atoms. The van der Waals surface area contributed by atoms with Gasteiger partial charge in [-0.05, 0) is 29.5 Å². The number of hydrogen-bond donors (Lipinski definition) is 2. The van der Waals surface area contributed by atoms with E-state index in [1.165, 1.54) is 11.8 Å². The van der Waals surface area contributed by atoms with Crippen molar-refractivity contribution in [2.75, 3.05) is 6.54 Å². The maximum atomic E-state index is 12.1. The Labute approximate surface area is 134 Å². The van der Waals surface area contributed by atoms with E-state index in [4.69, 9.17) is 4.89 Å². The molecule has 8 heteroatoms. The molecule has 0 aliphatic carbocycles. The minimum atomic E-state index is -2.44. The van der Waals surface area contributed by atoms with Crippen molar-refractivity contribution in [3.05, 3.63) is 35.4 Å². The summed E-state index contributed by atoms with van der Waals surface area (Å²) < 4.78 is 10.8. The summed E-state index contributed by atoms with van der Waals surface area (Å²) in [5.74, 6) is -1.71. The van der Waals surface area contributed by atoms with Gasteiger partial charge in [0.05, 0.1) is 11.1 Å². The normalized spacial score (nSPS) is 15.4. The van der Waals surface area contributed by atoms with Gasteiger partial charge < -0.3 is 5.32 Å². The number of carbonyl (C=O) groups excluding carboxylic acids is 3. The number of fused-ring (bicyclic) bond motifs is 1. The Kier molecular flexibility index (Phi) is 5.58. The lowest BCUT2D eigenvalue weighted by molar-refractivity contribution is -0.121. The van der Waals surface area contributed by atoms with Crippen LogP contribution in [0.3, 0.4) is 0 Å². The highest BCUT2D eigenvalue weighted by Crippen LogP contribution is 2.23. The molecule has 2 rings (SSSR count). The fourth-order valence-corrected chi connectivity index (χ4v) is 2.61. The van der Waals surface area contributed by atoms with Gasteiger partial charge in [0.1, 0.15) is 0 Å². The summed E-state index contributed by atoms with van der Waals surface area (Å²) in [4.78, 5) is 45.8. The summed E-state index contributed by atoms with van der Waals surface area (Å²) in [6, 6.07) is 6.68. The van der Waals surface area contributed by atoms with E-state index in [-0.39, 0.29) is 30.7 Å². The molecular weight excluding hydrogens is 319 g/mol. The molecule has 0 spiro atoms. The molecule has 2 unspecified atom stereocenters. The quantitative estimate of drug-likeness (QED) is 0.447. The van der Waals surface area contributed by atoms with E-state index < -0.39 is 13.8 Å². The second-order valence-electron chi connectivity index (χ2n) is 5.31. The Morgan fingerprint density at radius 2 is 1.78 bits per heavy atom. The van der Waals surface area contributed by atoms with Crippen molar-refractivity contribution in [2.24, 2.45) is 0 Å². The SMILES string of the molecule is CC(NC(=O)CCCCN1C(=O)c2ccccc2C1=O)[P+](=O)O. The van der Waals surface area contributed by atoms with E-state index in [0.29, 0.717) is 24.0 Å². The van der Waals surface area contributed by atoms with Crippen LogP contribution in [0.4, 0.5) is 0 Å². The summed E-state index contributed by atoms with van der Waals surface area (Å²) >= 11 is 0. The lowest BCUT2D eigenvalue weighted by atomic mass is 10.1. The van der Waals surface area contributed by atoms with Crippen molar-refractivity contribution in [1.29, 1.82) is 0 Å². The molecule has 1 aromatic carbocycles. The number of amides is 3. The van der Waals surface area contributed by atoms with Crippen LogP contribution in [-0.4, -0.2) is 39.8 Å². The van der Waals surface area contributed by atoms with Crippen molar-refractivity contribution in [3.63, 3.8) is 0 Å². The predicted molar refractivity (Wildman–Crippen MR) is 83.1 cm³/mol. The number of unbranched alkanes of at least 4 members (excludes halogenated alkanes) is 1. The summed E-state index contributed by atoms with van der Waals surface area (Å²) in [5.41, 5.74) is 0.826. The second-order valence-corrected chi connectivity index (χ2v) is 6.69. The molecule has 7 nitrogen and oxygen atoms in total. The van der Waals surface area contributed by atoms with Crippen LogP contribution in [0.25, 0.3) is 0 Å². The number of nitrogens with zero attached hydrogens (tertiary/aromatic N) is 1. The first-order chi connectivity index (χ1) is 10.9. The van der Waals surface area contributed by atoms with Gasteiger partial charge >= 0.3 is 8.03 Å².